The van der Waals surface area contributed by atoms with Gasteiger partial charge in [-0.3, -0.25) is 10.1 Å². The van der Waals surface area contributed by atoms with E-state index in [1.54, 1.807) is 21.2 Å². The third kappa shape index (κ3) is 6.81. The summed E-state index contributed by atoms with van der Waals surface area (Å²) in [5.41, 5.74) is 1.73. The maximum absolute atomic E-state index is 10.8. The van der Waals surface area contributed by atoms with Crippen LogP contribution in [-0.2, 0) is 11.4 Å². The van der Waals surface area contributed by atoms with Crippen LogP contribution in [0.25, 0.3) is 4.83 Å². The first kappa shape index (κ1) is 26.7. The van der Waals surface area contributed by atoms with Crippen molar-refractivity contribution in [2.24, 2.45) is 5.16 Å². The van der Waals surface area contributed by atoms with Gasteiger partial charge in [0.15, 0.2) is 0 Å². The summed E-state index contributed by atoms with van der Waals surface area (Å²) in [5.74, 6) is 0. The number of oxime groups is 1. The molecule has 34 heavy (non-hydrogen) atoms. The van der Waals surface area contributed by atoms with Crippen LogP contribution in [0.15, 0.2) is 41.9 Å². The predicted octanol–water partition coefficient (Wildman–Crippen LogP) is 6.91. The van der Waals surface area contributed by atoms with E-state index in [1.807, 2.05) is 17.7 Å². The fourth-order valence-electron chi connectivity index (χ4n) is 4.35. The zero-order valence-electron chi connectivity index (χ0n) is 20.5. The summed E-state index contributed by atoms with van der Waals surface area (Å²) in [6.07, 6.45) is 13.8. The first-order chi connectivity index (χ1) is 16.5. The van der Waals surface area contributed by atoms with E-state index in [-0.39, 0.29) is 12.3 Å². The zero-order valence-corrected chi connectivity index (χ0v) is 24.2. The second-order valence-electron chi connectivity index (χ2n) is 8.96. The van der Waals surface area contributed by atoms with Crippen molar-refractivity contribution in [2.45, 2.75) is 79.2 Å². The Labute approximate surface area is 210 Å². The number of thiazole rings is 1. The maximum atomic E-state index is 10.8. The summed E-state index contributed by atoms with van der Waals surface area (Å²) in [4.78, 5) is 21.5. The molecule has 0 amide bonds. The van der Waals surface area contributed by atoms with E-state index in [0.29, 0.717) is 0 Å². The molecule has 2 heterocycles. The molecule has 0 unspecified atom stereocenters. The molecule has 7 nitrogen and oxygen atoms in total. The topological polar surface area (TPSA) is 82.0 Å². The Morgan fingerprint density at radius 2 is 1.71 bits per heavy atom. The van der Waals surface area contributed by atoms with Crippen molar-refractivity contribution in [3.05, 3.63) is 58.2 Å². The van der Waals surface area contributed by atoms with E-state index in [1.165, 1.54) is 64.0 Å². The van der Waals surface area contributed by atoms with Crippen LogP contribution < -0.4 is 2.89 Å². The monoisotopic (exact) mass is 592 g/mol. The molecule has 0 aliphatic heterocycles. The van der Waals surface area contributed by atoms with Gasteiger partial charge in [-0.2, -0.15) is 0 Å². The number of nitrogens with zero attached hydrogens (tertiary/aromatic N) is 4. The SMILES string of the molecule is CCC[CH2][Sn]([CH2]CCC)([CH2]CCC)[c]1cn2cnc(C=NOCc3ccc([N+](=O)[O-])cc3)c2s1. The van der Waals surface area contributed by atoms with Crippen molar-refractivity contribution >= 4 is 49.3 Å². The van der Waals surface area contributed by atoms with E-state index in [9.17, 15) is 10.1 Å². The first-order valence-corrected chi connectivity index (χ1v) is 20.7. The first-order valence-electron chi connectivity index (χ1n) is 12.4. The van der Waals surface area contributed by atoms with Gasteiger partial charge in [-0.15, -0.1) is 0 Å². The average Bonchev–Trinajstić information content (AvgIpc) is 3.44. The summed E-state index contributed by atoms with van der Waals surface area (Å²) in [7, 11) is 0. The Kier molecular flexibility index (Phi) is 10.4. The molecule has 0 bridgehead atoms. The number of rotatable bonds is 15. The van der Waals surface area contributed by atoms with Crippen LogP contribution in [-0.4, -0.2) is 38.9 Å². The van der Waals surface area contributed by atoms with Gasteiger partial charge < -0.3 is 0 Å². The van der Waals surface area contributed by atoms with Crippen molar-refractivity contribution in [1.29, 1.82) is 0 Å². The second-order valence-corrected chi connectivity index (χ2v) is 24.2. The van der Waals surface area contributed by atoms with Gasteiger partial charge in [0.25, 0.3) is 0 Å². The zero-order chi connectivity index (χ0) is 24.4. The molecule has 0 fully saturated rings. The Morgan fingerprint density at radius 1 is 1.09 bits per heavy atom. The normalized spacial score (nSPS) is 12.1. The molecule has 0 spiro atoms. The van der Waals surface area contributed by atoms with Crippen LogP contribution in [0.2, 0.25) is 13.3 Å². The molecular weight excluding hydrogens is 555 g/mol. The summed E-state index contributed by atoms with van der Waals surface area (Å²) in [5, 5.41) is 14.9. The molecule has 2 aromatic heterocycles. The molecule has 0 atom stereocenters. The van der Waals surface area contributed by atoms with Crippen LogP contribution >= 0.6 is 11.3 Å². The van der Waals surface area contributed by atoms with E-state index in [0.717, 1.165) is 16.1 Å². The van der Waals surface area contributed by atoms with Gasteiger partial charge in [0.05, 0.1) is 4.92 Å². The van der Waals surface area contributed by atoms with Crippen LogP contribution in [0, 0.1) is 10.1 Å². The van der Waals surface area contributed by atoms with E-state index in [2.05, 4.69) is 41.5 Å². The molecular formula is C25H36N4O3SSn. The van der Waals surface area contributed by atoms with Crippen molar-refractivity contribution < 1.29 is 9.76 Å². The second kappa shape index (κ2) is 13.2. The van der Waals surface area contributed by atoms with Crippen LogP contribution in [0.3, 0.4) is 0 Å². The number of fused-ring (bicyclic) bond motifs is 1. The Bertz CT molecular complexity index is 1060. The van der Waals surface area contributed by atoms with Gasteiger partial charge in [-0.05, 0) is 0 Å². The number of unbranched alkanes of at least 4 members (excludes halogenated alkanes) is 3. The van der Waals surface area contributed by atoms with Crippen molar-refractivity contribution in [2.75, 3.05) is 0 Å². The molecule has 3 aromatic rings. The fraction of sp³-hybridized carbons (Fsp3) is 0.520. The number of benzene rings is 1. The van der Waals surface area contributed by atoms with Gasteiger partial charge in [-0.1, -0.05) is 0 Å². The summed E-state index contributed by atoms with van der Waals surface area (Å²) in [6.45, 7) is 7.19. The molecule has 1 aromatic carbocycles. The average molecular weight is 591 g/mol. The molecule has 0 saturated heterocycles. The fourth-order valence-corrected chi connectivity index (χ4v) is 24.3. The molecule has 0 aliphatic carbocycles. The van der Waals surface area contributed by atoms with Gasteiger partial charge in [-0.25, -0.2) is 0 Å². The number of nitro benzene ring substituents is 1. The van der Waals surface area contributed by atoms with Crippen LogP contribution in [0.1, 0.15) is 70.6 Å². The quantitative estimate of drug-likeness (QED) is 0.0833. The standard InChI is InChI=1S/C13H9N4O3S.3C4H9.Sn/c18-17(19)11-3-1-10(2-4-11)8-20-15-7-12-13-16(9-14-12)5-6-21-13;3*1-3-4-2;/h1-5,7,9H,8H2;3*1,3-4H2,2H3;. The van der Waals surface area contributed by atoms with Gasteiger partial charge in [0, 0.05) is 0 Å². The number of hydrogen-bond acceptors (Lipinski definition) is 6. The minimum absolute atomic E-state index is 0.0689. The van der Waals surface area contributed by atoms with Crippen molar-refractivity contribution in [3.63, 3.8) is 0 Å². The number of hydrogen-bond donors (Lipinski definition) is 0. The number of aromatic nitrogens is 2. The molecule has 0 N–H and O–H groups in total. The van der Waals surface area contributed by atoms with Crippen LogP contribution in [0.5, 0.6) is 0 Å². The molecule has 0 radical (unpaired) electrons. The Balaban J connectivity index is 1.75. The van der Waals surface area contributed by atoms with Gasteiger partial charge >= 0.3 is 196 Å². The van der Waals surface area contributed by atoms with Crippen molar-refractivity contribution in [1.82, 2.24) is 9.38 Å². The molecule has 0 saturated carbocycles. The van der Waals surface area contributed by atoms with Gasteiger partial charge in [0.2, 0.25) is 0 Å². The number of nitro groups is 1. The van der Waals surface area contributed by atoms with Gasteiger partial charge in [0.1, 0.15) is 0 Å². The van der Waals surface area contributed by atoms with E-state index < -0.39 is 23.3 Å². The molecule has 3 rings (SSSR count). The Morgan fingerprint density at radius 3 is 2.26 bits per heavy atom. The van der Waals surface area contributed by atoms with E-state index >= 15 is 0 Å². The van der Waals surface area contributed by atoms with Crippen molar-refractivity contribution in [3.8, 4) is 0 Å². The predicted molar refractivity (Wildman–Crippen MR) is 143 cm³/mol. The molecule has 184 valence electrons. The van der Waals surface area contributed by atoms with Crippen LogP contribution in [0.4, 0.5) is 5.69 Å². The number of imidazole rings is 1. The molecule has 9 heteroatoms. The minimum atomic E-state index is -2.47. The summed E-state index contributed by atoms with van der Waals surface area (Å²) >= 11 is -0.542. The molecule has 0 aliphatic rings. The summed E-state index contributed by atoms with van der Waals surface area (Å²) < 4.78 is 8.19. The number of non-ortho nitro benzene ring substituents is 1. The third-order valence-corrected chi connectivity index (χ3v) is 25.7. The van der Waals surface area contributed by atoms with E-state index in [4.69, 9.17) is 4.84 Å². The Hall–Kier alpha value is -1.94. The third-order valence-electron chi connectivity index (χ3n) is 6.42. The summed E-state index contributed by atoms with van der Waals surface area (Å²) in [6, 6.07) is 6.32.